The molecule has 0 atom stereocenters. The number of nitrogens with zero attached hydrogens (tertiary/aromatic N) is 6. The van der Waals surface area contributed by atoms with Gasteiger partial charge in [-0.15, -0.1) is 0 Å². The van der Waals surface area contributed by atoms with E-state index in [1.54, 1.807) is 0 Å². The van der Waals surface area contributed by atoms with Crippen LogP contribution in [0.25, 0.3) is 33.7 Å². The molecule has 2 aliphatic heterocycles. The number of carbonyl (C=O) groups excluding carboxylic acids is 1. The average Bonchev–Trinajstić information content (AvgIpc) is 3.64. The Morgan fingerprint density at radius 2 is 1.74 bits per heavy atom. The molecular weight excluding hydrogens is 538 g/mol. The van der Waals surface area contributed by atoms with Crippen LogP contribution in [0.1, 0.15) is 22.3 Å². The zero-order valence-corrected chi connectivity index (χ0v) is 24.5. The van der Waals surface area contributed by atoms with Crippen molar-refractivity contribution in [1.82, 2.24) is 34.6 Å². The summed E-state index contributed by atoms with van der Waals surface area (Å²) in [5, 5.41) is 3.96. The van der Waals surface area contributed by atoms with E-state index in [-0.39, 0.29) is 12.0 Å². The van der Waals surface area contributed by atoms with Crippen LogP contribution in [0.15, 0.2) is 66.9 Å². The van der Waals surface area contributed by atoms with Crippen molar-refractivity contribution in [2.24, 2.45) is 0 Å². The van der Waals surface area contributed by atoms with Crippen molar-refractivity contribution in [3.8, 4) is 22.6 Å². The van der Waals surface area contributed by atoms with E-state index in [1.807, 2.05) is 60.5 Å². The van der Waals surface area contributed by atoms with Gasteiger partial charge >= 0.3 is 6.03 Å². The van der Waals surface area contributed by atoms with Gasteiger partial charge in [-0.1, -0.05) is 42.5 Å². The quantitative estimate of drug-likeness (QED) is 0.274. The summed E-state index contributed by atoms with van der Waals surface area (Å²) >= 11 is 0. The lowest BCUT2D eigenvalue weighted by molar-refractivity contribution is 0.148. The van der Waals surface area contributed by atoms with Crippen LogP contribution in [0.2, 0.25) is 0 Å². The van der Waals surface area contributed by atoms with Crippen LogP contribution in [-0.4, -0.2) is 73.9 Å². The van der Waals surface area contributed by atoms with E-state index >= 15 is 0 Å². The lowest BCUT2D eigenvalue weighted by Crippen LogP contribution is -2.43. The molecule has 0 spiro atoms. The molecule has 0 aliphatic carbocycles. The Bertz CT molecular complexity index is 1780. The van der Waals surface area contributed by atoms with Gasteiger partial charge in [0.15, 0.2) is 0 Å². The Morgan fingerprint density at radius 3 is 2.47 bits per heavy atom. The highest BCUT2D eigenvalue weighted by molar-refractivity contribution is 5.98. The fraction of sp³-hybridized carbons (Fsp3) is 0.273. The van der Waals surface area contributed by atoms with Crippen molar-refractivity contribution in [3.05, 3.63) is 89.1 Å². The van der Waals surface area contributed by atoms with Crippen molar-refractivity contribution < 1.29 is 4.79 Å². The molecule has 5 heterocycles. The molecule has 10 nitrogen and oxygen atoms in total. The monoisotopic (exact) mass is 573 g/mol. The first-order valence-corrected chi connectivity index (χ1v) is 14.7. The lowest BCUT2D eigenvalue weighted by Gasteiger charge is -2.32. The second kappa shape index (κ2) is 11.1. The van der Waals surface area contributed by atoms with Gasteiger partial charge in [0, 0.05) is 68.6 Å². The molecule has 2 amide bonds. The molecule has 0 bridgehead atoms. The van der Waals surface area contributed by atoms with Crippen LogP contribution in [0.5, 0.6) is 0 Å². The van der Waals surface area contributed by atoms with E-state index in [2.05, 4.69) is 55.3 Å². The topological polar surface area (TPSA) is 119 Å². The van der Waals surface area contributed by atoms with Crippen LogP contribution in [0.4, 0.5) is 16.4 Å². The van der Waals surface area contributed by atoms with Gasteiger partial charge in [-0.2, -0.15) is 4.98 Å². The highest BCUT2D eigenvalue weighted by Gasteiger charge is 2.24. The number of amides is 2. The number of nitrogen functional groups attached to an aromatic ring is 1. The summed E-state index contributed by atoms with van der Waals surface area (Å²) in [4.78, 5) is 37.1. The van der Waals surface area contributed by atoms with E-state index < -0.39 is 0 Å². The van der Waals surface area contributed by atoms with E-state index in [9.17, 15) is 4.79 Å². The number of piperazine rings is 1. The van der Waals surface area contributed by atoms with Gasteiger partial charge in [0.05, 0.1) is 17.1 Å². The number of likely N-dealkylation sites (N-methyl/N-ethyl adjacent to an activating group) is 1. The molecule has 1 saturated heterocycles. The summed E-state index contributed by atoms with van der Waals surface area (Å²) in [6.07, 6.45) is 1.95. The number of hydrogen-bond donors (Lipinski definition) is 3. The van der Waals surface area contributed by atoms with Gasteiger partial charge in [-0.3, -0.25) is 9.88 Å². The predicted octanol–water partition coefficient (Wildman–Crippen LogP) is 4.87. The molecule has 2 aromatic carbocycles. The minimum atomic E-state index is -0.130. The summed E-state index contributed by atoms with van der Waals surface area (Å²) in [5.41, 5.74) is 15.3. The summed E-state index contributed by atoms with van der Waals surface area (Å²) in [7, 11) is 2.17. The fourth-order valence-corrected chi connectivity index (χ4v) is 6.01. The first-order valence-electron chi connectivity index (χ1n) is 14.7. The van der Waals surface area contributed by atoms with E-state index in [1.165, 1.54) is 16.7 Å². The van der Waals surface area contributed by atoms with Gasteiger partial charge in [-0.25, -0.2) is 9.78 Å². The minimum Gasteiger partial charge on any atom is -0.368 e. The Morgan fingerprint density at radius 1 is 0.977 bits per heavy atom. The third kappa shape index (κ3) is 5.42. The van der Waals surface area contributed by atoms with Crippen LogP contribution < -0.4 is 11.1 Å². The number of carbonyl (C=O) groups is 1. The molecule has 10 heteroatoms. The molecule has 0 unspecified atom stereocenters. The molecule has 43 heavy (non-hydrogen) atoms. The molecule has 2 aliphatic rings. The van der Waals surface area contributed by atoms with Crippen molar-refractivity contribution in [1.29, 1.82) is 0 Å². The van der Waals surface area contributed by atoms with Crippen LogP contribution in [0, 0.1) is 6.92 Å². The van der Waals surface area contributed by atoms with Crippen molar-refractivity contribution in [3.63, 3.8) is 0 Å². The molecule has 4 N–H and O–H groups in total. The number of rotatable bonds is 5. The molecule has 7 rings (SSSR count). The van der Waals surface area contributed by atoms with Crippen LogP contribution in [0.3, 0.4) is 0 Å². The zero-order valence-electron chi connectivity index (χ0n) is 24.5. The summed E-state index contributed by atoms with van der Waals surface area (Å²) < 4.78 is 0. The summed E-state index contributed by atoms with van der Waals surface area (Å²) in [5.74, 6) is 0.176. The lowest BCUT2D eigenvalue weighted by atomic mass is 10.0. The van der Waals surface area contributed by atoms with Crippen molar-refractivity contribution in [2.45, 2.75) is 26.6 Å². The van der Waals surface area contributed by atoms with Gasteiger partial charge in [-0.05, 0) is 54.4 Å². The summed E-state index contributed by atoms with van der Waals surface area (Å²) in [6.45, 7) is 8.41. The van der Waals surface area contributed by atoms with Crippen LogP contribution >= 0.6 is 0 Å². The van der Waals surface area contributed by atoms with E-state index in [0.717, 1.165) is 66.3 Å². The van der Waals surface area contributed by atoms with E-state index in [0.29, 0.717) is 24.4 Å². The first-order chi connectivity index (χ1) is 20.9. The number of anilines is 2. The number of nitrogens with one attached hydrogen (secondary N) is 2. The Kier molecular flexibility index (Phi) is 7.00. The van der Waals surface area contributed by atoms with E-state index in [4.69, 9.17) is 10.7 Å². The van der Waals surface area contributed by atoms with Gasteiger partial charge < -0.3 is 25.8 Å². The number of H-pyrrole nitrogens is 1. The molecule has 0 saturated carbocycles. The molecule has 3 aromatic heterocycles. The number of hydrogen-bond acceptors (Lipinski definition) is 7. The number of pyridine rings is 1. The number of aromatic amines is 1. The second-order valence-corrected chi connectivity index (χ2v) is 11.5. The number of urea groups is 1. The smallest absolute Gasteiger partial charge is 0.322 e. The third-order valence-corrected chi connectivity index (χ3v) is 8.57. The SMILES string of the molecule is Cc1c(NC(=O)N2Cc3ccccc3C2)cccc1-c1nc(N)nc2[nH]c(-c3ccc(CN4CCN(C)CC4)cn3)cc12. The highest BCUT2D eigenvalue weighted by atomic mass is 16.2. The maximum absolute atomic E-state index is 13.2. The van der Waals surface area contributed by atoms with Crippen molar-refractivity contribution >= 4 is 28.7 Å². The molecule has 1 fully saturated rings. The fourth-order valence-electron chi connectivity index (χ4n) is 6.01. The highest BCUT2D eigenvalue weighted by Crippen LogP contribution is 2.35. The Hall–Kier alpha value is -4.80. The molecular formula is C33H35N9O. The van der Waals surface area contributed by atoms with Crippen LogP contribution in [-0.2, 0) is 19.6 Å². The molecule has 218 valence electrons. The predicted molar refractivity (Wildman–Crippen MR) is 169 cm³/mol. The third-order valence-electron chi connectivity index (χ3n) is 8.57. The van der Waals surface area contributed by atoms with Gasteiger partial charge in [0.1, 0.15) is 5.65 Å². The van der Waals surface area contributed by atoms with Gasteiger partial charge in [0.2, 0.25) is 5.95 Å². The number of nitrogens with two attached hydrogens (primary N) is 1. The first kappa shape index (κ1) is 27.1. The molecule has 0 radical (unpaired) electrons. The van der Waals surface area contributed by atoms with Gasteiger partial charge in [0.25, 0.3) is 0 Å². The average molecular weight is 574 g/mol. The number of aromatic nitrogens is 4. The standard InChI is InChI=1S/C33H35N9O/c1-21-25(8-5-9-27(21)37-33(43)42-19-23-6-3-4-7-24(23)20-42)30-26-16-29(36-31(26)39-32(34)38-30)28-11-10-22(17-35-28)18-41-14-12-40(2)13-15-41/h3-11,16-17H,12-15,18-20H2,1-2H3,(H,37,43)(H3,34,36,38,39). The number of benzene rings is 2. The maximum Gasteiger partial charge on any atom is 0.322 e. The normalized spacial score (nSPS) is 15.6. The zero-order chi connectivity index (χ0) is 29.5. The molecule has 5 aromatic rings. The Balaban J connectivity index is 1.13. The second-order valence-electron chi connectivity index (χ2n) is 11.5. The van der Waals surface area contributed by atoms with Crippen molar-refractivity contribution in [2.75, 3.05) is 44.3 Å². The summed E-state index contributed by atoms with van der Waals surface area (Å²) in [6, 6.07) is 20.1. The largest absolute Gasteiger partial charge is 0.368 e. The maximum atomic E-state index is 13.2. The Labute approximate surface area is 250 Å². The minimum absolute atomic E-state index is 0.130. The number of fused-ring (bicyclic) bond motifs is 2.